The standard InChI is InChI=1S/C16H21NO5/c1-19-13-6-4-12(15(20-2)16(13)21-3)5-7-14(18)17-8-10-22-11-9-17/h4-7H,8-11H2,1-3H3/b7-5+. The van der Waals surface area contributed by atoms with Gasteiger partial charge >= 0.3 is 0 Å². The molecule has 0 unspecified atom stereocenters. The maximum atomic E-state index is 12.1. The molecule has 0 atom stereocenters. The number of hydrogen-bond acceptors (Lipinski definition) is 5. The van der Waals surface area contributed by atoms with Gasteiger partial charge in [-0.2, -0.15) is 0 Å². The van der Waals surface area contributed by atoms with Gasteiger partial charge in [0.1, 0.15) is 0 Å². The van der Waals surface area contributed by atoms with Crippen LogP contribution in [0.3, 0.4) is 0 Å². The van der Waals surface area contributed by atoms with Gasteiger partial charge in [0.05, 0.1) is 34.5 Å². The predicted octanol–water partition coefficient (Wildman–Crippen LogP) is 1.58. The lowest BCUT2D eigenvalue weighted by atomic mass is 10.1. The Hall–Kier alpha value is -2.21. The zero-order valence-electron chi connectivity index (χ0n) is 13.1. The van der Waals surface area contributed by atoms with Crippen molar-refractivity contribution >= 4 is 12.0 Å². The van der Waals surface area contributed by atoms with Gasteiger partial charge in [0.25, 0.3) is 0 Å². The Morgan fingerprint density at radius 1 is 1.09 bits per heavy atom. The average molecular weight is 307 g/mol. The van der Waals surface area contributed by atoms with E-state index in [9.17, 15) is 4.79 Å². The van der Waals surface area contributed by atoms with Crippen molar-refractivity contribution in [1.82, 2.24) is 4.90 Å². The van der Waals surface area contributed by atoms with Crippen molar-refractivity contribution in [1.29, 1.82) is 0 Å². The largest absolute Gasteiger partial charge is 0.493 e. The highest BCUT2D eigenvalue weighted by Crippen LogP contribution is 2.40. The van der Waals surface area contributed by atoms with Gasteiger partial charge in [-0.05, 0) is 18.2 Å². The lowest BCUT2D eigenvalue weighted by molar-refractivity contribution is -0.129. The molecule has 1 aliphatic rings. The summed E-state index contributed by atoms with van der Waals surface area (Å²) in [5.74, 6) is 1.58. The monoisotopic (exact) mass is 307 g/mol. The first-order valence-corrected chi connectivity index (χ1v) is 7.05. The molecule has 120 valence electrons. The Kier molecular flexibility index (Phi) is 5.66. The molecule has 0 aliphatic carbocycles. The second kappa shape index (κ2) is 7.70. The minimum absolute atomic E-state index is 0.0415. The molecule has 6 nitrogen and oxygen atoms in total. The van der Waals surface area contributed by atoms with Crippen molar-refractivity contribution in [3.05, 3.63) is 23.8 Å². The Bertz CT molecular complexity index is 550. The number of nitrogens with zero attached hydrogens (tertiary/aromatic N) is 1. The molecule has 0 bridgehead atoms. The summed E-state index contributed by atoms with van der Waals surface area (Å²) in [5.41, 5.74) is 0.752. The molecule has 0 spiro atoms. The molecule has 22 heavy (non-hydrogen) atoms. The average Bonchev–Trinajstić information content (AvgIpc) is 2.59. The van der Waals surface area contributed by atoms with Crippen molar-refractivity contribution in [3.8, 4) is 17.2 Å². The highest BCUT2D eigenvalue weighted by molar-refractivity contribution is 5.92. The summed E-state index contributed by atoms with van der Waals surface area (Å²) >= 11 is 0. The number of ether oxygens (including phenoxy) is 4. The highest BCUT2D eigenvalue weighted by atomic mass is 16.5. The van der Waals surface area contributed by atoms with E-state index in [1.165, 1.54) is 6.08 Å². The normalized spacial score (nSPS) is 15.0. The maximum Gasteiger partial charge on any atom is 0.246 e. The van der Waals surface area contributed by atoms with Gasteiger partial charge in [-0.15, -0.1) is 0 Å². The van der Waals surface area contributed by atoms with E-state index >= 15 is 0 Å². The minimum atomic E-state index is -0.0415. The van der Waals surface area contributed by atoms with Crippen LogP contribution in [-0.2, 0) is 9.53 Å². The molecular formula is C16H21NO5. The summed E-state index contributed by atoms with van der Waals surface area (Å²) in [4.78, 5) is 13.9. The summed E-state index contributed by atoms with van der Waals surface area (Å²) in [6.45, 7) is 2.40. The Morgan fingerprint density at radius 2 is 1.77 bits per heavy atom. The maximum absolute atomic E-state index is 12.1. The van der Waals surface area contributed by atoms with E-state index in [-0.39, 0.29) is 5.91 Å². The first-order chi connectivity index (χ1) is 10.7. The van der Waals surface area contributed by atoms with Crippen molar-refractivity contribution in [3.63, 3.8) is 0 Å². The predicted molar refractivity (Wildman–Crippen MR) is 82.5 cm³/mol. The summed E-state index contributed by atoms with van der Waals surface area (Å²) < 4.78 is 21.2. The van der Waals surface area contributed by atoms with Crippen LogP contribution >= 0.6 is 0 Å². The van der Waals surface area contributed by atoms with E-state index in [1.54, 1.807) is 38.4 Å². The molecule has 6 heteroatoms. The van der Waals surface area contributed by atoms with Gasteiger partial charge in [-0.1, -0.05) is 0 Å². The van der Waals surface area contributed by atoms with Gasteiger partial charge in [0.2, 0.25) is 11.7 Å². The second-order valence-corrected chi connectivity index (χ2v) is 4.69. The fourth-order valence-corrected chi connectivity index (χ4v) is 2.31. The molecule has 1 aliphatic heterocycles. The van der Waals surface area contributed by atoms with E-state index in [0.717, 1.165) is 5.56 Å². The molecule has 0 N–H and O–H groups in total. The van der Waals surface area contributed by atoms with Crippen LogP contribution in [0.15, 0.2) is 18.2 Å². The summed E-state index contributed by atoms with van der Waals surface area (Å²) in [6.07, 6.45) is 3.26. The van der Waals surface area contributed by atoms with Crippen LogP contribution in [0.2, 0.25) is 0 Å². The zero-order valence-corrected chi connectivity index (χ0v) is 13.1. The Labute approximate surface area is 130 Å². The van der Waals surface area contributed by atoms with E-state index in [1.807, 2.05) is 6.07 Å². The van der Waals surface area contributed by atoms with E-state index in [2.05, 4.69) is 0 Å². The van der Waals surface area contributed by atoms with E-state index in [4.69, 9.17) is 18.9 Å². The molecule has 1 aromatic rings. The van der Waals surface area contributed by atoms with Crippen LogP contribution < -0.4 is 14.2 Å². The molecule has 0 radical (unpaired) electrons. The van der Waals surface area contributed by atoms with Crippen LogP contribution in [0.5, 0.6) is 17.2 Å². The van der Waals surface area contributed by atoms with E-state index < -0.39 is 0 Å². The SMILES string of the molecule is COc1ccc(/C=C/C(=O)N2CCOCC2)c(OC)c1OC. The number of hydrogen-bond donors (Lipinski definition) is 0. The van der Waals surface area contributed by atoms with Gasteiger partial charge in [0.15, 0.2) is 11.5 Å². The third kappa shape index (κ3) is 3.51. The van der Waals surface area contributed by atoms with Crippen LogP contribution in [0, 0.1) is 0 Å². The Balaban J connectivity index is 2.21. The fraction of sp³-hybridized carbons (Fsp3) is 0.438. The lowest BCUT2D eigenvalue weighted by Crippen LogP contribution is -2.39. The number of carbonyl (C=O) groups is 1. The van der Waals surface area contributed by atoms with Crippen molar-refractivity contribution in [2.24, 2.45) is 0 Å². The highest BCUT2D eigenvalue weighted by Gasteiger charge is 2.16. The third-order valence-electron chi connectivity index (χ3n) is 3.46. The molecular weight excluding hydrogens is 286 g/mol. The molecule has 1 aromatic carbocycles. The number of carbonyl (C=O) groups excluding carboxylic acids is 1. The van der Waals surface area contributed by atoms with Crippen molar-refractivity contribution in [2.45, 2.75) is 0 Å². The summed E-state index contributed by atoms with van der Waals surface area (Å²) in [5, 5.41) is 0. The minimum Gasteiger partial charge on any atom is -0.493 e. The lowest BCUT2D eigenvalue weighted by Gasteiger charge is -2.25. The van der Waals surface area contributed by atoms with Crippen LogP contribution in [0.4, 0.5) is 0 Å². The van der Waals surface area contributed by atoms with Crippen LogP contribution in [-0.4, -0.2) is 58.4 Å². The zero-order chi connectivity index (χ0) is 15.9. The molecule has 1 fully saturated rings. The topological polar surface area (TPSA) is 57.2 Å². The second-order valence-electron chi connectivity index (χ2n) is 4.69. The first-order valence-electron chi connectivity index (χ1n) is 7.05. The first kappa shape index (κ1) is 16.2. The van der Waals surface area contributed by atoms with Crippen molar-refractivity contribution < 1.29 is 23.7 Å². The number of rotatable bonds is 5. The molecule has 0 aromatic heterocycles. The van der Waals surface area contributed by atoms with Crippen LogP contribution in [0.1, 0.15) is 5.56 Å². The van der Waals surface area contributed by atoms with Gasteiger partial charge in [-0.25, -0.2) is 0 Å². The molecule has 1 saturated heterocycles. The van der Waals surface area contributed by atoms with E-state index in [0.29, 0.717) is 43.6 Å². The van der Waals surface area contributed by atoms with Crippen molar-refractivity contribution in [2.75, 3.05) is 47.6 Å². The quantitative estimate of drug-likeness (QED) is 0.773. The number of morpholine rings is 1. The molecule has 0 saturated carbocycles. The smallest absolute Gasteiger partial charge is 0.246 e. The molecule has 2 rings (SSSR count). The fourth-order valence-electron chi connectivity index (χ4n) is 2.31. The molecule has 1 amide bonds. The summed E-state index contributed by atoms with van der Waals surface area (Å²) in [6, 6.07) is 3.60. The summed E-state index contributed by atoms with van der Waals surface area (Å²) in [7, 11) is 4.67. The van der Waals surface area contributed by atoms with Gasteiger partial charge < -0.3 is 23.8 Å². The van der Waals surface area contributed by atoms with Gasteiger partial charge in [-0.3, -0.25) is 4.79 Å². The number of benzene rings is 1. The van der Waals surface area contributed by atoms with Gasteiger partial charge in [0, 0.05) is 24.7 Å². The van der Waals surface area contributed by atoms with Crippen LogP contribution in [0.25, 0.3) is 6.08 Å². The number of methoxy groups -OCH3 is 3. The molecule has 1 heterocycles. The third-order valence-corrected chi connectivity index (χ3v) is 3.46. The number of amides is 1. The Morgan fingerprint density at radius 3 is 2.36 bits per heavy atom.